The summed E-state index contributed by atoms with van der Waals surface area (Å²) in [6, 6.07) is 0. The van der Waals surface area contributed by atoms with E-state index in [9.17, 15) is 14.4 Å². The molecular weight excluding hydrogens is 344 g/mol. The van der Waals surface area contributed by atoms with Gasteiger partial charge < -0.3 is 9.47 Å². The molecule has 5 heteroatoms. The Labute approximate surface area is 162 Å². The zero-order valence-electron chi connectivity index (χ0n) is 17.2. The predicted molar refractivity (Wildman–Crippen MR) is 101 cm³/mol. The number of ketones is 1. The summed E-state index contributed by atoms with van der Waals surface area (Å²) in [4.78, 5) is 36.6. The molecule has 3 fully saturated rings. The minimum Gasteiger partial charge on any atom is -0.469 e. The summed E-state index contributed by atoms with van der Waals surface area (Å²) in [5, 5.41) is 0. The van der Waals surface area contributed by atoms with Gasteiger partial charge in [-0.05, 0) is 61.7 Å². The first kappa shape index (κ1) is 20.3. The van der Waals surface area contributed by atoms with Gasteiger partial charge in [-0.3, -0.25) is 14.4 Å². The van der Waals surface area contributed by atoms with Gasteiger partial charge in [0.2, 0.25) is 0 Å². The summed E-state index contributed by atoms with van der Waals surface area (Å²) in [5.41, 5.74) is -0.125. The Kier molecular flexibility index (Phi) is 5.97. The molecule has 0 aromatic heterocycles. The van der Waals surface area contributed by atoms with Gasteiger partial charge in [0.25, 0.3) is 0 Å². The number of carbonyl (C=O) groups is 3. The van der Waals surface area contributed by atoms with Crippen LogP contribution in [0.4, 0.5) is 0 Å². The number of hydrogen-bond acceptors (Lipinski definition) is 5. The van der Waals surface area contributed by atoms with Gasteiger partial charge in [-0.15, -0.1) is 0 Å². The largest absolute Gasteiger partial charge is 0.469 e. The lowest BCUT2D eigenvalue weighted by Gasteiger charge is -2.52. The monoisotopic (exact) mass is 378 g/mol. The number of rotatable bonds is 5. The van der Waals surface area contributed by atoms with Crippen LogP contribution in [0.2, 0.25) is 0 Å². The topological polar surface area (TPSA) is 69.7 Å². The third-order valence-electron chi connectivity index (χ3n) is 8.17. The lowest BCUT2D eigenvalue weighted by Crippen LogP contribution is -2.47. The molecule has 152 valence electrons. The van der Waals surface area contributed by atoms with E-state index in [-0.39, 0.29) is 23.8 Å². The van der Waals surface area contributed by atoms with Crippen LogP contribution < -0.4 is 0 Å². The van der Waals surface area contributed by atoms with E-state index in [2.05, 4.69) is 13.8 Å². The Morgan fingerprint density at radius 2 is 1.85 bits per heavy atom. The second-order valence-electron chi connectivity index (χ2n) is 9.31. The van der Waals surface area contributed by atoms with E-state index < -0.39 is 5.92 Å². The Morgan fingerprint density at radius 1 is 1.11 bits per heavy atom. The number of hydrogen-bond donors (Lipinski definition) is 0. The maximum Gasteiger partial charge on any atom is 0.309 e. The first-order valence-corrected chi connectivity index (χ1v) is 10.5. The van der Waals surface area contributed by atoms with Crippen molar-refractivity contribution in [3.63, 3.8) is 0 Å². The molecule has 1 unspecified atom stereocenters. The number of methoxy groups -OCH3 is 2. The molecule has 3 aliphatic rings. The maximum atomic E-state index is 12.5. The summed E-state index contributed by atoms with van der Waals surface area (Å²) in [5.74, 6) is 1.89. The first-order valence-electron chi connectivity index (χ1n) is 10.5. The SMILES string of the molecule is COC(=O)CC(C[C@@H]1[C@H]2CC[C@]3(C)C(=O)CC[C@H]3[C@@H]2CC[C@@H]1C)C(=O)OC. The zero-order valence-corrected chi connectivity index (χ0v) is 17.2. The maximum absolute atomic E-state index is 12.5. The predicted octanol–water partition coefficient (Wildman–Crippen LogP) is 3.79. The minimum absolute atomic E-state index is 0.0867. The average molecular weight is 379 g/mol. The van der Waals surface area contributed by atoms with Crippen molar-refractivity contribution in [2.45, 2.75) is 65.2 Å². The highest BCUT2D eigenvalue weighted by atomic mass is 16.5. The molecule has 3 saturated carbocycles. The van der Waals surface area contributed by atoms with Gasteiger partial charge in [-0.25, -0.2) is 0 Å². The summed E-state index contributed by atoms with van der Waals surface area (Å²) in [6.45, 7) is 4.46. The van der Waals surface area contributed by atoms with Crippen LogP contribution in [0.15, 0.2) is 0 Å². The summed E-state index contributed by atoms with van der Waals surface area (Å²) < 4.78 is 9.77. The van der Waals surface area contributed by atoms with Crippen molar-refractivity contribution in [3.05, 3.63) is 0 Å². The van der Waals surface area contributed by atoms with E-state index in [0.717, 1.165) is 32.1 Å². The number of fused-ring (bicyclic) bond motifs is 3. The lowest BCUT2D eigenvalue weighted by molar-refractivity contribution is -0.153. The highest BCUT2D eigenvalue weighted by Gasteiger charge is 2.56. The quantitative estimate of drug-likeness (QED) is 0.681. The van der Waals surface area contributed by atoms with Crippen LogP contribution in [0, 0.1) is 40.9 Å². The van der Waals surface area contributed by atoms with Gasteiger partial charge in [0, 0.05) is 11.8 Å². The molecule has 7 atom stereocenters. The molecule has 27 heavy (non-hydrogen) atoms. The molecule has 0 amide bonds. The van der Waals surface area contributed by atoms with E-state index in [1.807, 2.05) is 0 Å². The molecule has 0 spiro atoms. The van der Waals surface area contributed by atoms with Crippen molar-refractivity contribution >= 4 is 17.7 Å². The van der Waals surface area contributed by atoms with Gasteiger partial charge in [0.05, 0.1) is 26.6 Å². The third kappa shape index (κ3) is 3.66. The Bertz CT molecular complexity index is 600. The average Bonchev–Trinajstić information content (AvgIpc) is 2.97. The van der Waals surface area contributed by atoms with Gasteiger partial charge in [-0.2, -0.15) is 0 Å². The van der Waals surface area contributed by atoms with E-state index in [1.54, 1.807) is 0 Å². The van der Waals surface area contributed by atoms with Crippen molar-refractivity contribution in [2.75, 3.05) is 14.2 Å². The molecule has 0 bridgehead atoms. The number of esters is 2. The molecule has 0 heterocycles. The van der Waals surface area contributed by atoms with Crippen molar-refractivity contribution < 1.29 is 23.9 Å². The fourth-order valence-electron chi connectivity index (χ4n) is 6.58. The van der Waals surface area contributed by atoms with Crippen molar-refractivity contribution in [3.8, 4) is 0 Å². The number of ether oxygens (including phenoxy) is 2. The van der Waals surface area contributed by atoms with E-state index in [1.165, 1.54) is 20.6 Å². The Hall–Kier alpha value is -1.39. The van der Waals surface area contributed by atoms with Crippen molar-refractivity contribution in [1.29, 1.82) is 0 Å². The van der Waals surface area contributed by atoms with Crippen LogP contribution in [0.5, 0.6) is 0 Å². The zero-order chi connectivity index (χ0) is 19.8. The molecule has 0 aromatic carbocycles. The standard InChI is InChI=1S/C22H34O5/c1-13-5-6-16-15(9-10-22(2)18(16)7-8-19(22)23)17(13)11-14(21(25)27-4)12-20(24)26-3/h13-18H,5-12H2,1-4H3/t13-,14?,15-,16+,17-,18-,22-/m0/s1. The van der Waals surface area contributed by atoms with Crippen LogP contribution in [-0.2, 0) is 23.9 Å². The summed E-state index contributed by atoms with van der Waals surface area (Å²) >= 11 is 0. The lowest BCUT2D eigenvalue weighted by atomic mass is 9.52. The van der Waals surface area contributed by atoms with E-state index in [0.29, 0.717) is 41.8 Å². The molecule has 0 radical (unpaired) electrons. The molecule has 0 aromatic rings. The highest BCUT2D eigenvalue weighted by Crippen LogP contribution is 2.60. The molecule has 3 rings (SSSR count). The second kappa shape index (κ2) is 7.92. The number of Topliss-reactive ketones (excluding diaryl/α,β-unsaturated/α-hetero) is 1. The molecule has 0 saturated heterocycles. The van der Waals surface area contributed by atoms with E-state index >= 15 is 0 Å². The highest BCUT2D eigenvalue weighted by molar-refractivity contribution is 5.87. The van der Waals surface area contributed by atoms with Crippen molar-refractivity contribution in [1.82, 2.24) is 0 Å². The smallest absolute Gasteiger partial charge is 0.309 e. The van der Waals surface area contributed by atoms with Gasteiger partial charge >= 0.3 is 11.9 Å². The molecule has 0 aliphatic heterocycles. The van der Waals surface area contributed by atoms with Gasteiger partial charge in [0.15, 0.2) is 0 Å². The fourth-order valence-corrected chi connectivity index (χ4v) is 6.58. The van der Waals surface area contributed by atoms with Crippen LogP contribution in [0.3, 0.4) is 0 Å². The molecular formula is C22H34O5. The van der Waals surface area contributed by atoms with Crippen molar-refractivity contribution in [2.24, 2.45) is 40.9 Å². The second-order valence-corrected chi connectivity index (χ2v) is 9.31. The summed E-state index contributed by atoms with van der Waals surface area (Å²) in [7, 11) is 2.74. The number of carbonyl (C=O) groups excluding carboxylic acids is 3. The van der Waals surface area contributed by atoms with Crippen LogP contribution >= 0.6 is 0 Å². The Balaban J connectivity index is 1.79. The molecule has 5 nitrogen and oxygen atoms in total. The molecule has 0 N–H and O–H groups in total. The van der Waals surface area contributed by atoms with E-state index in [4.69, 9.17) is 9.47 Å². The van der Waals surface area contributed by atoms with Crippen LogP contribution in [0.25, 0.3) is 0 Å². The normalized spacial score (nSPS) is 39.3. The van der Waals surface area contributed by atoms with Gasteiger partial charge in [0.1, 0.15) is 5.78 Å². The third-order valence-corrected chi connectivity index (χ3v) is 8.17. The Morgan fingerprint density at radius 3 is 2.52 bits per heavy atom. The van der Waals surface area contributed by atoms with Gasteiger partial charge in [-0.1, -0.05) is 20.3 Å². The summed E-state index contributed by atoms with van der Waals surface area (Å²) in [6.07, 6.45) is 6.89. The first-order chi connectivity index (χ1) is 12.8. The van der Waals surface area contributed by atoms with Crippen LogP contribution in [0.1, 0.15) is 65.2 Å². The minimum atomic E-state index is -0.438. The molecule has 3 aliphatic carbocycles. The fraction of sp³-hybridized carbons (Fsp3) is 0.864. The van der Waals surface area contributed by atoms with Crippen LogP contribution in [-0.4, -0.2) is 31.9 Å².